The van der Waals surface area contributed by atoms with E-state index in [-0.39, 0.29) is 11.2 Å². The van der Waals surface area contributed by atoms with E-state index in [2.05, 4.69) is 4.84 Å². The Balaban J connectivity index is 2.39. The molecule has 0 bridgehead atoms. The SMILES string of the molecule is COc1c(F)cccc1C1(CON)CC1. The maximum atomic E-state index is 13.5. The van der Waals surface area contributed by atoms with Crippen molar-refractivity contribution in [1.29, 1.82) is 0 Å². The summed E-state index contributed by atoms with van der Waals surface area (Å²) in [5.74, 6) is 5.06. The van der Waals surface area contributed by atoms with Crippen molar-refractivity contribution in [3.63, 3.8) is 0 Å². The van der Waals surface area contributed by atoms with E-state index in [4.69, 9.17) is 10.6 Å². The molecule has 15 heavy (non-hydrogen) atoms. The summed E-state index contributed by atoms with van der Waals surface area (Å²) in [5.41, 5.74) is 0.720. The maximum Gasteiger partial charge on any atom is 0.165 e. The number of methoxy groups -OCH3 is 1. The van der Waals surface area contributed by atoms with Crippen LogP contribution in [0.1, 0.15) is 18.4 Å². The monoisotopic (exact) mass is 211 g/mol. The second-order valence-electron chi connectivity index (χ2n) is 3.91. The summed E-state index contributed by atoms with van der Waals surface area (Å²) in [6, 6.07) is 4.94. The van der Waals surface area contributed by atoms with E-state index in [0.717, 1.165) is 18.4 Å². The number of rotatable bonds is 4. The van der Waals surface area contributed by atoms with Crippen LogP contribution in [0, 0.1) is 5.82 Å². The fourth-order valence-corrected chi connectivity index (χ4v) is 1.94. The lowest BCUT2D eigenvalue weighted by molar-refractivity contribution is 0.115. The van der Waals surface area contributed by atoms with Crippen LogP contribution in [0.4, 0.5) is 4.39 Å². The van der Waals surface area contributed by atoms with Crippen molar-refractivity contribution in [3.05, 3.63) is 29.6 Å². The Morgan fingerprint density at radius 1 is 1.47 bits per heavy atom. The molecule has 0 unspecified atom stereocenters. The first-order valence-corrected chi connectivity index (χ1v) is 4.88. The lowest BCUT2D eigenvalue weighted by Crippen LogP contribution is -2.19. The molecule has 82 valence electrons. The molecule has 0 aromatic heterocycles. The Labute approximate surface area is 87.9 Å². The van der Waals surface area contributed by atoms with Gasteiger partial charge in [-0.1, -0.05) is 12.1 Å². The van der Waals surface area contributed by atoms with Gasteiger partial charge in [0.05, 0.1) is 13.7 Å². The Morgan fingerprint density at radius 2 is 2.20 bits per heavy atom. The van der Waals surface area contributed by atoms with Gasteiger partial charge in [0.2, 0.25) is 0 Å². The van der Waals surface area contributed by atoms with E-state index in [1.54, 1.807) is 6.07 Å². The van der Waals surface area contributed by atoms with Gasteiger partial charge in [-0.25, -0.2) is 10.3 Å². The van der Waals surface area contributed by atoms with Crippen LogP contribution in [0.2, 0.25) is 0 Å². The van der Waals surface area contributed by atoms with Crippen molar-refractivity contribution >= 4 is 0 Å². The largest absolute Gasteiger partial charge is 0.493 e. The van der Waals surface area contributed by atoms with Gasteiger partial charge in [0.15, 0.2) is 11.6 Å². The van der Waals surface area contributed by atoms with Crippen molar-refractivity contribution < 1.29 is 14.0 Å². The molecule has 1 fully saturated rings. The molecule has 1 aromatic rings. The highest BCUT2D eigenvalue weighted by Crippen LogP contribution is 2.51. The minimum atomic E-state index is -0.335. The third-order valence-electron chi connectivity index (χ3n) is 2.96. The first-order valence-electron chi connectivity index (χ1n) is 4.88. The summed E-state index contributed by atoms with van der Waals surface area (Å²) in [4.78, 5) is 4.68. The van der Waals surface area contributed by atoms with Gasteiger partial charge in [-0.3, -0.25) is 0 Å². The quantitative estimate of drug-likeness (QED) is 0.772. The number of benzene rings is 1. The van der Waals surface area contributed by atoms with Gasteiger partial charge in [-0.15, -0.1) is 0 Å². The molecule has 1 aliphatic rings. The molecular formula is C11H14FNO2. The zero-order valence-corrected chi connectivity index (χ0v) is 8.63. The van der Waals surface area contributed by atoms with Gasteiger partial charge in [-0.05, 0) is 18.9 Å². The second-order valence-corrected chi connectivity index (χ2v) is 3.91. The number of hydrogen-bond donors (Lipinski definition) is 1. The number of halogens is 1. The van der Waals surface area contributed by atoms with Gasteiger partial charge < -0.3 is 9.57 Å². The molecule has 0 amide bonds. The van der Waals surface area contributed by atoms with E-state index in [1.165, 1.54) is 13.2 Å². The summed E-state index contributed by atoms with van der Waals surface area (Å²) < 4.78 is 18.5. The molecule has 3 nitrogen and oxygen atoms in total. The van der Waals surface area contributed by atoms with Crippen LogP contribution < -0.4 is 10.6 Å². The molecule has 4 heteroatoms. The molecule has 2 rings (SSSR count). The normalized spacial score (nSPS) is 17.5. The first kappa shape index (κ1) is 10.4. The molecule has 0 atom stereocenters. The highest BCUT2D eigenvalue weighted by Gasteiger charge is 2.47. The van der Waals surface area contributed by atoms with Gasteiger partial charge in [-0.2, -0.15) is 0 Å². The molecule has 1 saturated carbocycles. The van der Waals surface area contributed by atoms with E-state index in [1.807, 2.05) is 6.07 Å². The van der Waals surface area contributed by atoms with Crippen molar-refractivity contribution in [3.8, 4) is 5.75 Å². The number of hydrogen-bond acceptors (Lipinski definition) is 3. The molecular weight excluding hydrogens is 197 g/mol. The lowest BCUT2D eigenvalue weighted by Gasteiger charge is -2.17. The van der Waals surface area contributed by atoms with Crippen molar-refractivity contribution in [2.45, 2.75) is 18.3 Å². The van der Waals surface area contributed by atoms with Crippen molar-refractivity contribution in [2.75, 3.05) is 13.7 Å². The molecule has 2 N–H and O–H groups in total. The van der Waals surface area contributed by atoms with E-state index in [9.17, 15) is 4.39 Å². The van der Waals surface area contributed by atoms with Crippen LogP contribution in [-0.2, 0) is 10.3 Å². The zero-order valence-electron chi connectivity index (χ0n) is 8.63. The van der Waals surface area contributed by atoms with Gasteiger partial charge in [0, 0.05) is 11.0 Å². The average Bonchev–Trinajstić information content (AvgIpc) is 2.99. The third-order valence-corrected chi connectivity index (χ3v) is 2.96. The third kappa shape index (κ3) is 1.70. The first-order chi connectivity index (χ1) is 7.23. The minimum absolute atomic E-state index is 0.137. The Bertz CT molecular complexity index is 364. The van der Waals surface area contributed by atoms with Crippen LogP contribution in [0.5, 0.6) is 5.75 Å². The maximum absolute atomic E-state index is 13.5. The van der Waals surface area contributed by atoms with E-state index < -0.39 is 0 Å². The highest BCUT2D eigenvalue weighted by atomic mass is 19.1. The predicted octanol–water partition coefficient (Wildman–Crippen LogP) is 1.76. The molecule has 0 spiro atoms. The minimum Gasteiger partial charge on any atom is -0.493 e. The zero-order chi connectivity index (χ0) is 10.9. The smallest absolute Gasteiger partial charge is 0.165 e. The summed E-state index contributed by atoms with van der Waals surface area (Å²) in [7, 11) is 1.47. The van der Waals surface area contributed by atoms with Crippen LogP contribution in [0.15, 0.2) is 18.2 Å². The Kier molecular flexibility index (Phi) is 2.63. The number of nitrogens with two attached hydrogens (primary N) is 1. The fraction of sp³-hybridized carbons (Fsp3) is 0.455. The summed E-state index contributed by atoms with van der Waals surface area (Å²) in [5, 5.41) is 0. The van der Waals surface area contributed by atoms with Crippen LogP contribution >= 0.6 is 0 Å². The molecule has 0 saturated heterocycles. The summed E-state index contributed by atoms with van der Waals surface area (Å²) >= 11 is 0. The van der Waals surface area contributed by atoms with Crippen LogP contribution in [0.25, 0.3) is 0 Å². The van der Waals surface area contributed by atoms with E-state index >= 15 is 0 Å². The Morgan fingerprint density at radius 3 is 2.73 bits per heavy atom. The van der Waals surface area contributed by atoms with Crippen LogP contribution in [-0.4, -0.2) is 13.7 Å². The molecule has 1 aromatic carbocycles. The second kappa shape index (κ2) is 3.79. The topological polar surface area (TPSA) is 44.5 Å². The predicted molar refractivity (Wildman–Crippen MR) is 54.0 cm³/mol. The fourth-order valence-electron chi connectivity index (χ4n) is 1.94. The highest BCUT2D eigenvalue weighted by molar-refractivity contribution is 5.44. The Hall–Kier alpha value is -1.13. The summed E-state index contributed by atoms with van der Waals surface area (Å²) in [6.45, 7) is 0.410. The van der Waals surface area contributed by atoms with Crippen LogP contribution in [0.3, 0.4) is 0 Å². The van der Waals surface area contributed by atoms with E-state index in [0.29, 0.717) is 12.4 Å². The summed E-state index contributed by atoms with van der Waals surface area (Å²) in [6.07, 6.45) is 1.92. The van der Waals surface area contributed by atoms with Gasteiger partial charge >= 0.3 is 0 Å². The molecule has 1 aliphatic carbocycles. The van der Waals surface area contributed by atoms with Crippen molar-refractivity contribution in [2.24, 2.45) is 5.90 Å². The molecule has 0 heterocycles. The molecule has 0 radical (unpaired) electrons. The standard InChI is InChI=1S/C11H14FNO2/c1-14-10-8(3-2-4-9(10)12)11(5-6-11)7-15-13/h2-4H,5-7,13H2,1H3. The van der Waals surface area contributed by atoms with Crippen molar-refractivity contribution in [1.82, 2.24) is 0 Å². The average molecular weight is 211 g/mol. The molecule has 0 aliphatic heterocycles. The van der Waals surface area contributed by atoms with Gasteiger partial charge in [0.25, 0.3) is 0 Å². The number of para-hydroxylation sites is 1. The van der Waals surface area contributed by atoms with Gasteiger partial charge in [0.1, 0.15) is 0 Å². The lowest BCUT2D eigenvalue weighted by atomic mass is 9.96. The number of ether oxygens (including phenoxy) is 1.